The summed E-state index contributed by atoms with van der Waals surface area (Å²) in [5.41, 5.74) is 1.62. The van der Waals surface area contributed by atoms with Crippen molar-refractivity contribution in [3.8, 4) is 17.1 Å². The van der Waals surface area contributed by atoms with E-state index in [0.29, 0.717) is 28.0 Å². The van der Waals surface area contributed by atoms with Crippen LogP contribution in [0.4, 0.5) is 0 Å². The average Bonchev–Trinajstić information content (AvgIpc) is 3.07. The minimum absolute atomic E-state index is 0.245. The normalized spacial score (nSPS) is 11.8. The molecule has 6 heteroatoms. The lowest BCUT2D eigenvalue weighted by Gasteiger charge is -2.12. The Labute approximate surface area is 156 Å². The average molecular weight is 368 g/mol. The van der Waals surface area contributed by atoms with E-state index in [9.17, 15) is 9.59 Å². The first-order valence-electron chi connectivity index (χ1n) is 8.58. The smallest absolute Gasteiger partial charge is 0.346 e. The van der Waals surface area contributed by atoms with Crippen LogP contribution in [-0.2, 0) is 14.3 Å². The zero-order valence-electron chi connectivity index (χ0n) is 15.4. The monoisotopic (exact) mass is 368 g/mol. The maximum Gasteiger partial charge on any atom is 0.346 e. The van der Waals surface area contributed by atoms with Crippen LogP contribution in [0.2, 0.25) is 0 Å². The fourth-order valence-electron chi connectivity index (χ4n) is 2.77. The lowest BCUT2D eigenvalue weighted by Crippen LogP contribution is -2.24. The zero-order chi connectivity index (χ0) is 19.4. The van der Waals surface area contributed by atoms with E-state index >= 15 is 0 Å². The Balaban J connectivity index is 2.10. The third-order valence-corrected chi connectivity index (χ3v) is 4.02. The van der Waals surface area contributed by atoms with Gasteiger partial charge in [0.25, 0.3) is 0 Å². The molecule has 0 aliphatic carbocycles. The van der Waals surface area contributed by atoms with Crippen LogP contribution in [-0.4, -0.2) is 31.8 Å². The Morgan fingerprint density at radius 2 is 1.85 bits per heavy atom. The summed E-state index contributed by atoms with van der Waals surface area (Å²) in [7, 11) is 1.30. The topological polar surface area (TPSA) is 75.0 Å². The Morgan fingerprint density at radius 3 is 2.52 bits per heavy atom. The fraction of sp³-hybridized carbons (Fsp3) is 0.238. The molecule has 6 nitrogen and oxygen atoms in total. The molecular formula is C21H20O6. The van der Waals surface area contributed by atoms with Crippen LogP contribution in [0.1, 0.15) is 24.2 Å². The van der Waals surface area contributed by atoms with Crippen LogP contribution < -0.4 is 4.74 Å². The van der Waals surface area contributed by atoms with Crippen LogP contribution in [0.3, 0.4) is 0 Å². The summed E-state index contributed by atoms with van der Waals surface area (Å²) in [6, 6.07) is 14.4. The minimum atomic E-state index is -0.779. The van der Waals surface area contributed by atoms with E-state index in [4.69, 9.17) is 13.9 Å². The molecule has 0 amide bonds. The van der Waals surface area contributed by atoms with E-state index < -0.39 is 18.0 Å². The van der Waals surface area contributed by atoms with Crippen LogP contribution in [0.15, 0.2) is 52.9 Å². The lowest BCUT2D eigenvalue weighted by atomic mass is 10.1. The SMILES string of the molecule is CCOC(=O)c1c(-c2ccccc2)oc2ccc(OC(C)C(=O)OC)cc12. The summed E-state index contributed by atoms with van der Waals surface area (Å²) in [4.78, 5) is 24.2. The molecule has 0 saturated carbocycles. The van der Waals surface area contributed by atoms with E-state index in [2.05, 4.69) is 4.74 Å². The highest BCUT2D eigenvalue weighted by Gasteiger charge is 2.24. The second-order valence-corrected chi connectivity index (χ2v) is 5.83. The molecular weight excluding hydrogens is 348 g/mol. The molecule has 0 N–H and O–H groups in total. The number of benzene rings is 2. The summed E-state index contributed by atoms with van der Waals surface area (Å²) in [6.45, 7) is 3.58. The van der Waals surface area contributed by atoms with Crippen molar-refractivity contribution in [2.75, 3.05) is 13.7 Å². The molecule has 0 bridgehead atoms. The van der Waals surface area contributed by atoms with Gasteiger partial charge in [-0.2, -0.15) is 0 Å². The first-order valence-corrected chi connectivity index (χ1v) is 8.58. The second kappa shape index (κ2) is 7.95. The van der Waals surface area contributed by atoms with Gasteiger partial charge in [-0.15, -0.1) is 0 Å². The number of hydrogen-bond donors (Lipinski definition) is 0. The summed E-state index contributed by atoms with van der Waals surface area (Å²) in [6.07, 6.45) is -0.779. The molecule has 0 spiro atoms. The number of carbonyl (C=O) groups is 2. The standard InChI is InChI=1S/C21H20O6/c1-4-25-21(23)18-16-12-15(26-13(2)20(22)24-3)10-11-17(16)27-19(18)14-8-6-5-7-9-14/h5-13H,4H2,1-3H3. The van der Waals surface area contributed by atoms with Gasteiger partial charge in [0.15, 0.2) is 6.10 Å². The van der Waals surface area contributed by atoms with Gasteiger partial charge >= 0.3 is 11.9 Å². The van der Waals surface area contributed by atoms with Gasteiger partial charge in [0.2, 0.25) is 0 Å². The highest BCUT2D eigenvalue weighted by molar-refractivity contribution is 6.09. The van der Waals surface area contributed by atoms with Crippen molar-refractivity contribution < 1.29 is 28.2 Å². The Bertz CT molecular complexity index is 957. The molecule has 1 atom stereocenters. The van der Waals surface area contributed by atoms with Crippen molar-refractivity contribution in [3.05, 3.63) is 54.1 Å². The number of furan rings is 1. The molecule has 0 radical (unpaired) electrons. The number of rotatable bonds is 6. The van der Waals surface area contributed by atoms with Crippen molar-refractivity contribution in [1.29, 1.82) is 0 Å². The number of fused-ring (bicyclic) bond motifs is 1. The molecule has 1 unspecified atom stereocenters. The quantitative estimate of drug-likeness (QED) is 0.607. The zero-order valence-corrected chi connectivity index (χ0v) is 15.4. The Kier molecular flexibility index (Phi) is 5.45. The highest BCUT2D eigenvalue weighted by atomic mass is 16.6. The van der Waals surface area contributed by atoms with Gasteiger partial charge in [0.1, 0.15) is 22.7 Å². The molecule has 0 aliphatic heterocycles. The van der Waals surface area contributed by atoms with E-state index in [1.807, 2.05) is 30.3 Å². The summed E-state index contributed by atoms with van der Waals surface area (Å²) in [5, 5.41) is 0.557. The van der Waals surface area contributed by atoms with Crippen molar-refractivity contribution >= 4 is 22.9 Å². The van der Waals surface area contributed by atoms with Gasteiger partial charge in [-0.05, 0) is 32.0 Å². The fourth-order valence-corrected chi connectivity index (χ4v) is 2.77. The number of esters is 2. The predicted octanol–water partition coefficient (Wildman–Crippen LogP) is 4.22. The minimum Gasteiger partial charge on any atom is -0.479 e. The van der Waals surface area contributed by atoms with Gasteiger partial charge in [0, 0.05) is 10.9 Å². The maximum absolute atomic E-state index is 12.6. The molecule has 0 saturated heterocycles. The largest absolute Gasteiger partial charge is 0.479 e. The van der Waals surface area contributed by atoms with Crippen molar-refractivity contribution in [1.82, 2.24) is 0 Å². The molecule has 27 heavy (non-hydrogen) atoms. The lowest BCUT2D eigenvalue weighted by molar-refractivity contribution is -0.147. The van der Waals surface area contributed by atoms with Gasteiger partial charge < -0.3 is 18.6 Å². The third kappa shape index (κ3) is 3.79. The first-order chi connectivity index (χ1) is 13.0. The van der Waals surface area contributed by atoms with Crippen LogP contribution >= 0.6 is 0 Å². The van der Waals surface area contributed by atoms with Gasteiger partial charge in [-0.1, -0.05) is 30.3 Å². The second-order valence-electron chi connectivity index (χ2n) is 5.83. The van der Waals surface area contributed by atoms with Crippen molar-refractivity contribution in [2.45, 2.75) is 20.0 Å². The Hall–Kier alpha value is -3.28. The number of carbonyl (C=O) groups excluding carboxylic acids is 2. The summed E-state index contributed by atoms with van der Waals surface area (Å²) < 4.78 is 21.4. The first kappa shape index (κ1) is 18.5. The summed E-state index contributed by atoms with van der Waals surface area (Å²) >= 11 is 0. The highest BCUT2D eigenvalue weighted by Crippen LogP contribution is 2.36. The van der Waals surface area contributed by atoms with Crippen LogP contribution in [0.25, 0.3) is 22.3 Å². The van der Waals surface area contributed by atoms with Crippen molar-refractivity contribution in [2.24, 2.45) is 0 Å². The molecule has 1 heterocycles. The van der Waals surface area contributed by atoms with E-state index in [-0.39, 0.29) is 6.61 Å². The molecule has 2 aromatic carbocycles. The van der Waals surface area contributed by atoms with Crippen LogP contribution in [0.5, 0.6) is 5.75 Å². The van der Waals surface area contributed by atoms with Gasteiger partial charge in [-0.3, -0.25) is 0 Å². The van der Waals surface area contributed by atoms with Crippen LogP contribution in [0, 0.1) is 0 Å². The molecule has 3 rings (SSSR count). The number of ether oxygens (including phenoxy) is 3. The third-order valence-electron chi connectivity index (χ3n) is 4.02. The number of methoxy groups -OCH3 is 1. The van der Waals surface area contributed by atoms with E-state index in [1.165, 1.54) is 7.11 Å². The van der Waals surface area contributed by atoms with E-state index in [0.717, 1.165) is 5.56 Å². The maximum atomic E-state index is 12.6. The van der Waals surface area contributed by atoms with Crippen molar-refractivity contribution in [3.63, 3.8) is 0 Å². The molecule has 140 valence electrons. The van der Waals surface area contributed by atoms with Gasteiger partial charge in [0.05, 0.1) is 13.7 Å². The van der Waals surface area contributed by atoms with E-state index in [1.54, 1.807) is 32.0 Å². The molecule has 0 aliphatic rings. The molecule has 0 fully saturated rings. The molecule has 1 aromatic heterocycles. The number of hydrogen-bond acceptors (Lipinski definition) is 6. The van der Waals surface area contributed by atoms with Gasteiger partial charge in [-0.25, -0.2) is 9.59 Å². The Morgan fingerprint density at radius 1 is 1.11 bits per heavy atom. The summed E-state index contributed by atoms with van der Waals surface area (Å²) in [5.74, 6) is -0.111. The predicted molar refractivity (Wildman–Crippen MR) is 99.7 cm³/mol. The molecule has 3 aromatic rings.